The molecule has 248 valence electrons. The van der Waals surface area contributed by atoms with Gasteiger partial charge in [0.2, 0.25) is 5.91 Å². The van der Waals surface area contributed by atoms with Crippen molar-refractivity contribution in [3.05, 3.63) is 89.7 Å². The number of pyridine rings is 1. The Bertz CT molecular complexity index is 1210. The van der Waals surface area contributed by atoms with Crippen molar-refractivity contribution in [3.8, 4) is 5.75 Å². The van der Waals surface area contributed by atoms with Crippen molar-refractivity contribution in [1.82, 2.24) is 0 Å². The summed E-state index contributed by atoms with van der Waals surface area (Å²) in [6, 6.07) is 20.5. The summed E-state index contributed by atoms with van der Waals surface area (Å²) in [5.41, 5.74) is 4.19. The third kappa shape index (κ3) is 15.9. The van der Waals surface area contributed by atoms with E-state index in [-0.39, 0.29) is 28.3 Å². The summed E-state index contributed by atoms with van der Waals surface area (Å²) in [6.45, 7) is 10.4. The van der Waals surface area contributed by atoms with Gasteiger partial charge in [0.25, 0.3) is 0 Å². The molecule has 4 nitrogen and oxygen atoms in total. The molecule has 0 bridgehead atoms. The number of anilines is 1. The summed E-state index contributed by atoms with van der Waals surface area (Å²) in [5, 5.41) is 3.07. The Kier molecular flexibility index (Phi) is 18.8. The van der Waals surface area contributed by atoms with Gasteiger partial charge in [0.05, 0.1) is 13.0 Å². The highest BCUT2D eigenvalue weighted by Gasteiger charge is 2.18. The van der Waals surface area contributed by atoms with Crippen LogP contribution in [0.25, 0.3) is 0 Å². The highest BCUT2D eigenvalue weighted by molar-refractivity contribution is 5.92. The molecule has 0 saturated carbocycles. The van der Waals surface area contributed by atoms with Gasteiger partial charge in [-0.05, 0) is 35.6 Å². The van der Waals surface area contributed by atoms with E-state index in [4.69, 9.17) is 4.74 Å². The summed E-state index contributed by atoms with van der Waals surface area (Å²) in [7, 11) is 0. The number of ether oxygens (including phenoxy) is 1. The van der Waals surface area contributed by atoms with Crippen LogP contribution >= 0.6 is 0 Å². The maximum absolute atomic E-state index is 13.0. The van der Waals surface area contributed by atoms with Gasteiger partial charge in [0.1, 0.15) is 5.75 Å². The minimum Gasteiger partial charge on any atom is -1.00 e. The molecule has 1 aromatic heterocycles. The highest BCUT2D eigenvalue weighted by Crippen LogP contribution is 2.29. The minimum absolute atomic E-state index is 0. The van der Waals surface area contributed by atoms with E-state index in [2.05, 4.69) is 80.3 Å². The molecule has 0 unspecified atom stereocenters. The molecule has 0 aliphatic rings. The van der Waals surface area contributed by atoms with Crippen LogP contribution in [0.4, 0.5) is 5.69 Å². The predicted octanol–water partition coefficient (Wildman–Crippen LogP) is 7.37. The van der Waals surface area contributed by atoms with E-state index in [1.54, 1.807) is 0 Å². The van der Waals surface area contributed by atoms with Crippen molar-refractivity contribution in [2.75, 3.05) is 11.9 Å². The van der Waals surface area contributed by atoms with Crippen LogP contribution in [0.3, 0.4) is 0 Å². The zero-order chi connectivity index (χ0) is 31.5. The third-order valence-electron chi connectivity index (χ3n) is 8.42. The van der Waals surface area contributed by atoms with Gasteiger partial charge in [-0.15, -0.1) is 0 Å². The second-order valence-electron chi connectivity index (χ2n) is 13.5. The fourth-order valence-electron chi connectivity index (χ4n) is 5.60. The molecule has 1 amide bonds. The molecule has 0 aliphatic carbocycles. The number of unbranched alkanes of at least 4 members (excludes halogenated alkanes) is 13. The fraction of sp³-hybridized carbons (Fsp3) is 0.550. The number of carbonyl (C=O) groups excluding carboxylic acids is 1. The van der Waals surface area contributed by atoms with E-state index in [0.717, 1.165) is 30.0 Å². The largest absolute Gasteiger partial charge is 1.00 e. The van der Waals surface area contributed by atoms with Gasteiger partial charge in [0, 0.05) is 28.9 Å². The monoisotopic (exact) mass is 678 g/mol. The van der Waals surface area contributed by atoms with E-state index in [1.165, 1.54) is 94.6 Å². The molecule has 5 heteroatoms. The first-order chi connectivity index (χ1) is 21.3. The number of nitrogens with one attached hydrogen (secondary N) is 1. The molecule has 0 saturated heterocycles. The summed E-state index contributed by atoms with van der Waals surface area (Å²) < 4.78 is 8.46. The van der Waals surface area contributed by atoms with Crippen LogP contribution in [0, 0.1) is 0 Å². The third-order valence-corrected chi connectivity index (χ3v) is 8.42. The number of aromatic nitrogens is 1. The number of nitrogens with zero attached hydrogens (tertiary/aromatic N) is 1. The Hall–Kier alpha value is -2.66. The molecule has 2 aromatic carbocycles. The number of hydrogen-bond donors (Lipinski definition) is 1. The van der Waals surface area contributed by atoms with Gasteiger partial charge in [-0.25, -0.2) is 4.57 Å². The average Bonchev–Trinajstić information content (AvgIpc) is 3.00. The standard InChI is InChI=1S/C40H58N2O2.BrH/c1-5-6-7-8-9-10-11-12-13-14-15-16-17-21-30-44-38-32-36(40(2,3)4)25-24-35(38)31-39(43)41-37-26-22-34(23-27-37)33-42-28-19-18-20-29-42;/h18-20,22-29,32H,5-17,21,30-31,33H2,1-4H3;1H. The van der Waals surface area contributed by atoms with Gasteiger partial charge in [-0.2, -0.15) is 0 Å². The van der Waals surface area contributed by atoms with Crippen LogP contribution < -0.4 is 31.6 Å². The average molecular weight is 680 g/mol. The molecule has 0 spiro atoms. The van der Waals surface area contributed by atoms with Gasteiger partial charge in [-0.1, -0.05) is 141 Å². The van der Waals surface area contributed by atoms with Crippen molar-refractivity contribution >= 4 is 11.6 Å². The Balaban J connectivity index is 0.00000705. The van der Waals surface area contributed by atoms with Crippen molar-refractivity contribution in [3.63, 3.8) is 0 Å². The second-order valence-corrected chi connectivity index (χ2v) is 13.5. The number of amides is 1. The van der Waals surface area contributed by atoms with E-state index < -0.39 is 0 Å². The van der Waals surface area contributed by atoms with Crippen LogP contribution in [0.2, 0.25) is 0 Å². The molecule has 0 fully saturated rings. The summed E-state index contributed by atoms with van der Waals surface area (Å²) >= 11 is 0. The van der Waals surface area contributed by atoms with Gasteiger partial charge < -0.3 is 27.0 Å². The molecule has 3 aromatic rings. The molecular weight excluding hydrogens is 620 g/mol. The Morgan fingerprint density at radius 3 is 1.84 bits per heavy atom. The molecule has 1 N–H and O–H groups in total. The smallest absolute Gasteiger partial charge is 0.228 e. The lowest BCUT2D eigenvalue weighted by atomic mass is 9.86. The van der Waals surface area contributed by atoms with Crippen LogP contribution in [0.15, 0.2) is 73.1 Å². The van der Waals surface area contributed by atoms with E-state index in [0.29, 0.717) is 13.0 Å². The Morgan fingerprint density at radius 2 is 1.29 bits per heavy atom. The van der Waals surface area contributed by atoms with E-state index in [1.807, 2.05) is 30.3 Å². The van der Waals surface area contributed by atoms with Crippen LogP contribution in [0.1, 0.15) is 134 Å². The second kappa shape index (κ2) is 22.0. The maximum Gasteiger partial charge on any atom is 0.228 e. The predicted molar refractivity (Wildman–Crippen MR) is 185 cm³/mol. The van der Waals surface area contributed by atoms with Gasteiger partial charge in [-0.3, -0.25) is 4.79 Å². The molecule has 1 heterocycles. The van der Waals surface area contributed by atoms with Crippen LogP contribution in [-0.4, -0.2) is 12.5 Å². The molecule has 45 heavy (non-hydrogen) atoms. The number of benzene rings is 2. The normalized spacial score (nSPS) is 11.2. The van der Waals surface area contributed by atoms with Crippen molar-refractivity contribution in [2.45, 2.75) is 136 Å². The first-order valence-electron chi connectivity index (χ1n) is 17.4. The lowest BCUT2D eigenvalue weighted by Gasteiger charge is -2.21. The molecule has 0 atom stereocenters. The topological polar surface area (TPSA) is 42.2 Å². The van der Waals surface area contributed by atoms with E-state index in [9.17, 15) is 4.79 Å². The lowest BCUT2D eigenvalue weighted by Crippen LogP contribution is -3.00. The van der Waals surface area contributed by atoms with Gasteiger partial charge >= 0.3 is 0 Å². The number of halogens is 1. The Morgan fingerprint density at radius 1 is 0.733 bits per heavy atom. The van der Waals surface area contributed by atoms with Crippen molar-refractivity contribution < 1.29 is 31.1 Å². The highest BCUT2D eigenvalue weighted by atomic mass is 79.9. The van der Waals surface area contributed by atoms with Gasteiger partial charge in [0.15, 0.2) is 18.9 Å². The Labute approximate surface area is 285 Å². The summed E-state index contributed by atoms with van der Waals surface area (Å²) in [5.74, 6) is 0.817. The number of carbonyl (C=O) groups is 1. The minimum atomic E-state index is -0.0277. The first-order valence-corrected chi connectivity index (χ1v) is 17.4. The lowest BCUT2D eigenvalue weighted by molar-refractivity contribution is -0.688. The fourth-order valence-corrected chi connectivity index (χ4v) is 5.60. The zero-order valence-electron chi connectivity index (χ0n) is 28.6. The quantitative estimate of drug-likeness (QED) is 0.0945. The molecular formula is C40H59BrN2O2. The SMILES string of the molecule is CCCCCCCCCCCCCCCCOc1cc(C(C)(C)C)ccc1CC(=O)Nc1ccc(C[n+]2ccccc2)cc1.[Br-]. The number of rotatable bonds is 21. The van der Waals surface area contributed by atoms with Crippen molar-refractivity contribution in [2.24, 2.45) is 0 Å². The van der Waals surface area contributed by atoms with Crippen LogP contribution in [-0.2, 0) is 23.2 Å². The maximum atomic E-state index is 13.0. The van der Waals surface area contributed by atoms with E-state index >= 15 is 0 Å². The van der Waals surface area contributed by atoms with Crippen LogP contribution in [0.5, 0.6) is 5.75 Å². The number of hydrogen-bond acceptors (Lipinski definition) is 2. The molecule has 0 radical (unpaired) electrons. The summed E-state index contributed by atoms with van der Waals surface area (Å²) in [6.07, 6.45) is 23.2. The van der Waals surface area contributed by atoms with Crippen molar-refractivity contribution in [1.29, 1.82) is 0 Å². The summed E-state index contributed by atoms with van der Waals surface area (Å²) in [4.78, 5) is 13.0. The molecule has 0 aliphatic heterocycles. The zero-order valence-corrected chi connectivity index (χ0v) is 30.2. The first kappa shape index (κ1) is 38.5. The molecule has 3 rings (SSSR count).